The maximum absolute atomic E-state index is 11.9. The summed E-state index contributed by atoms with van der Waals surface area (Å²) >= 11 is 0. The van der Waals surface area contributed by atoms with E-state index in [0.29, 0.717) is 24.7 Å². The molecule has 2 saturated heterocycles. The number of anilines is 2. The standard InChI is InChI=1S/C29H34N8O2/c1-30-29(38)32-23-9-5-8-22(18-23)26-33-27(36-14-16-39-17-15-36)25-19-31-37(28(25)34-26)24-10-12-35(13-11-24)20-21-6-3-2-4-7-21/h2-9,18-19,24H,10-17,20H2,1H3,(H2,30,32,38). The number of fused-ring (bicyclic) bond motifs is 1. The van der Waals surface area contributed by atoms with Crippen LogP contribution in [0.1, 0.15) is 24.4 Å². The molecule has 2 aromatic carbocycles. The summed E-state index contributed by atoms with van der Waals surface area (Å²) in [5.41, 5.74) is 3.72. The van der Waals surface area contributed by atoms with Crippen molar-refractivity contribution in [3.05, 3.63) is 66.4 Å². The minimum atomic E-state index is -0.269. The first-order valence-electron chi connectivity index (χ1n) is 13.6. The number of hydrogen-bond donors (Lipinski definition) is 2. The number of carbonyl (C=O) groups excluding carboxylic acids is 1. The number of morpholine rings is 1. The molecule has 4 heterocycles. The lowest BCUT2D eigenvalue weighted by atomic mass is 10.0. The fraction of sp³-hybridized carbons (Fsp3) is 0.379. The topological polar surface area (TPSA) is 100 Å². The Labute approximate surface area is 228 Å². The van der Waals surface area contributed by atoms with Crippen molar-refractivity contribution in [1.82, 2.24) is 30.0 Å². The number of likely N-dealkylation sites (tertiary alicyclic amines) is 1. The average Bonchev–Trinajstić information content (AvgIpc) is 3.42. The maximum Gasteiger partial charge on any atom is 0.318 e. The van der Waals surface area contributed by atoms with Crippen LogP contribution in [0.25, 0.3) is 22.4 Å². The molecule has 0 unspecified atom stereocenters. The van der Waals surface area contributed by atoms with Gasteiger partial charge in [-0.05, 0) is 30.5 Å². The zero-order valence-electron chi connectivity index (χ0n) is 22.2. The van der Waals surface area contributed by atoms with Gasteiger partial charge in [0.1, 0.15) is 5.82 Å². The van der Waals surface area contributed by atoms with Crippen LogP contribution in [-0.2, 0) is 11.3 Å². The molecule has 0 spiro atoms. The van der Waals surface area contributed by atoms with Gasteiger partial charge in [0.25, 0.3) is 0 Å². The molecule has 2 N–H and O–H groups in total. The summed E-state index contributed by atoms with van der Waals surface area (Å²) in [5, 5.41) is 11.3. The Morgan fingerprint density at radius 3 is 2.56 bits per heavy atom. The van der Waals surface area contributed by atoms with Crippen molar-refractivity contribution < 1.29 is 9.53 Å². The first kappa shape index (κ1) is 25.3. The van der Waals surface area contributed by atoms with Crippen LogP contribution in [0.15, 0.2) is 60.8 Å². The van der Waals surface area contributed by atoms with Crippen LogP contribution in [0.4, 0.5) is 16.3 Å². The number of amides is 2. The molecule has 0 aliphatic carbocycles. The molecule has 0 radical (unpaired) electrons. The molecule has 4 aromatic rings. The third-order valence-corrected chi connectivity index (χ3v) is 7.50. The minimum absolute atomic E-state index is 0.269. The zero-order chi connectivity index (χ0) is 26.6. The molecule has 2 amide bonds. The molecular formula is C29H34N8O2. The van der Waals surface area contributed by atoms with Crippen LogP contribution >= 0.6 is 0 Å². The summed E-state index contributed by atoms with van der Waals surface area (Å²) in [6, 6.07) is 18.3. The number of piperidine rings is 1. The quantitative estimate of drug-likeness (QED) is 0.393. The van der Waals surface area contributed by atoms with Crippen molar-refractivity contribution in [3.63, 3.8) is 0 Å². The van der Waals surface area contributed by atoms with E-state index in [9.17, 15) is 4.79 Å². The van der Waals surface area contributed by atoms with Crippen LogP contribution in [0, 0.1) is 0 Å². The number of ether oxygens (including phenoxy) is 1. The van der Waals surface area contributed by atoms with Crippen molar-refractivity contribution in [2.24, 2.45) is 0 Å². The molecule has 2 aromatic heterocycles. The van der Waals surface area contributed by atoms with Crippen LogP contribution in [0.5, 0.6) is 0 Å². The molecule has 2 aliphatic rings. The summed E-state index contributed by atoms with van der Waals surface area (Å²) in [4.78, 5) is 26.7. The molecule has 0 saturated carbocycles. The molecule has 0 bridgehead atoms. The number of hydrogen-bond acceptors (Lipinski definition) is 7. The fourth-order valence-electron chi connectivity index (χ4n) is 5.42. The first-order chi connectivity index (χ1) is 19.2. The molecule has 2 fully saturated rings. The molecule has 2 aliphatic heterocycles. The third kappa shape index (κ3) is 5.57. The van der Waals surface area contributed by atoms with E-state index < -0.39 is 0 Å². The van der Waals surface area contributed by atoms with Gasteiger partial charge in [-0.25, -0.2) is 19.4 Å². The largest absolute Gasteiger partial charge is 0.378 e. The van der Waals surface area contributed by atoms with E-state index in [1.54, 1.807) is 7.05 Å². The van der Waals surface area contributed by atoms with Gasteiger partial charge in [0.05, 0.1) is 30.8 Å². The van der Waals surface area contributed by atoms with E-state index >= 15 is 0 Å². The highest BCUT2D eigenvalue weighted by atomic mass is 16.5. The Morgan fingerprint density at radius 2 is 1.79 bits per heavy atom. The lowest BCUT2D eigenvalue weighted by Crippen LogP contribution is -2.37. The Kier molecular flexibility index (Phi) is 7.38. The van der Waals surface area contributed by atoms with Crippen LogP contribution in [0.3, 0.4) is 0 Å². The SMILES string of the molecule is CNC(=O)Nc1cccc(-c2nc(N3CCOCC3)c3cnn(C4CCN(Cc5ccccc5)CC4)c3n2)c1. The second kappa shape index (κ2) is 11.4. The number of urea groups is 1. The molecule has 0 atom stereocenters. The van der Waals surface area contributed by atoms with Gasteiger partial charge in [0.15, 0.2) is 11.5 Å². The number of carbonyl (C=O) groups is 1. The average molecular weight is 527 g/mol. The summed E-state index contributed by atoms with van der Waals surface area (Å²) in [6.07, 6.45) is 3.95. The van der Waals surface area contributed by atoms with E-state index in [1.165, 1.54) is 5.56 Å². The van der Waals surface area contributed by atoms with Crippen molar-refractivity contribution in [2.45, 2.75) is 25.4 Å². The second-order valence-electron chi connectivity index (χ2n) is 10.1. The van der Waals surface area contributed by atoms with Gasteiger partial charge in [-0.2, -0.15) is 5.10 Å². The summed E-state index contributed by atoms with van der Waals surface area (Å²) < 4.78 is 7.72. The Bertz CT molecular complexity index is 1430. The molecule has 10 nitrogen and oxygen atoms in total. The number of rotatable bonds is 6. The summed E-state index contributed by atoms with van der Waals surface area (Å²) in [6.45, 7) is 5.88. The molecule has 10 heteroatoms. The third-order valence-electron chi connectivity index (χ3n) is 7.50. The van der Waals surface area contributed by atoms with Gasteiger partial charge in [0.2, 0.25) is 0 Å². The predicted octanol–water partition coefficient (Wildman–Crippen LogP) is 3.92. The monoisotopic (exact) mass is 526 g/mol. The smallest absolute Gasteiger partial charge is 0.318 e. The van der Waals surface area contributed by atoms with Gasteiger partial charge in [-0.3, -0.25) is 4.90 Å². The van der Waals surface area contributed by atoms with E-state index in [-0.39, 0.29) is 12.1 Å². The fourth-order valence-corrected chi connectivity index (χ4v) is 5.42. The highest BCUT2D eigenvalue weighted by Crippen LogP contribution is 2.32. The van der Waals surface area contributed by atoms with Crippen LogP contribution in [0.2, 0.25) is 0 Å². The van der Waals surface area contributed by atoms with Gasteiger partial charge < -0.3 is 20.3 Å². The van der Waals surface area contributed by atoms with Gasteiger partial charge in [-0.1, -0.05) is 42.5 Å². The van der Waals surface area contributed by atoms with Crippen LogP contribution < -0.4 is 15.5 Å². The normalized spacial score (nSPS) is 16.9. The zero-order valence-corrected chi connectivity index (χ0v) is 22.2. The van der Waals surface area contributed by atoms with Crippen molar-refractivity contribution in [2.75, 3.05) is 56.7 Å². The number of aromatic nitrogens is 4. The molecule has 202 valence electrons. The van der Waals surface area contributed by atoms with E-state index in [4.69, 9.17) is 19.8 Å². The summed E-state index contributed by atoms with van der Waals surface area (Å²) in [5.74, 6) is 1.50. The molecule has 6 rings (SSSR count). The van der Waals surface area contributed by atoms with Gasteiger partial charge in [0, 0.05) is 51.0 Å². The van der Waals surface area contributed by atoms with E-state index in [1.807, 2.05) is 30.5 Å². The minimum Gasteiger partial charge on any atom is -0.378 e. The predicted molar refractivity (Wildman–Crippen MR) is 152 cm³/mol. The maximum atomic E-state index is 11.9. The Hall–Kier alpha value is -4.02. The van der Waals surface area contributed by atoms with E-state index in [2.05, 4.69) is 55.4 Å². The summed E-state index contributed by atoms with van der Waals surface area (Å²) in [7, 11) is 1.60. The lowest BCUT2D eigenvalue weighted by Gasteiger charge is -2.32. The van der Waals surface area contributed by atoms with Crippen molar-refractivity contribution >= 4 is 28.6 Å². The highest BCUT2D eigenvalue weighted by Gasteiger charge is 2.26. The number of nitrogens with zero attached hydrogens (tertiary/aromatic N) is 6. The first-order valence-corrected chi connectivity index (χ1v) is 13.6. The highest BCUT2D eigenvalue weighted by molar-refractivity contribution is 5.91. The van der Waals surface area contributed by atoms with Gasteiger partial charge >= 0.3 is 6.03 Å². The second-order valence-corrected chi connectivity index (χ2v) is 10.1. The molecular weight excluding hydrogens is 492 g/mol. The number of nitrogens with one attached hydrogen (secondary N) is 2. The Morgan fingerprint density at radius 1 is 1.00 bits per heavy atom. The molecule has 39 heavy (non-hydrogen) atoms. The van der Waals surface area contributed by atoms with Crippen LogP contribution in [-0.4, -0.2) is 77.1 Å². The Balaban J connectivity index is 1.31. The van der Waals surface area contributed by atoms with Crippen molar-refractivity contribution in [1.29, 1.82) is 0 Å². The number of benzene rings is 2. The lowest BCUT2D eigenvalue weighted by molar-refractivity contribution is 0.122. The van der Waals surface area contributed by atoms with E-state index in [0.717, 1.165) is 68.0 Å². The van der Waals surface area contributed by atoms with Gasteiger partial charge in [-0.15, -0.1) is 0 Å². The van der Waals surface area contributed by atoms with Crippen molar-refractivity contribution in [3.8, 4) is 11.4 Å².